The molecule has 6 nitrogen and oxygen atoms in total. The number of nitrogens with one attached hydrogen (secondary N) is 2. The minimum Gasteiger partial charge on any atom is -0.494 e. The Hall–Kier alpha value is -2.80. The van der Waals surface area contributed by atoms with Gasteiger partial charge in [0.2, 0.25) is 0 Å². The first-order valence-corrected chi connectivity index (χ1v) is 10.6. The third-order valence-corrected chi connectivity index (χ3v) is 5.39. The van der Waals surface area contributed by atoms with Crippen LogP contribution in [0.3, 0.4) is 0 Å². The van der Waals surface area contributed by atoms with Crippen molar-refractivity contribution in [2.45, 2.75) is 26.8 Å². The zero-order chi connectivity index (χ0) is 21.5. The van der Waals surface area contributed by atoms with Gasteiger partial charge >= 0.3 is 6.03 Å². The third-order valence-electron chi connectivity index (χ3n) is 5.39. The van der Waals surface area contributed by atoms with E-state index in [0.29, 0.717) is 12.3 Å². The van der Waals surface area contributed by atoms with Crippen LogP contribution in [0, 0.1) is 5.82 Å². The van der Waals surface area contributed by atoms with E-state index in [1.165, 1.54) is 12.1 Å². The zero-order valence-corrected chi connectivity index (χ0v) is 18.0. The Bertz CT molecular complexity index is 836. The lowest BCUT2D eigenvalue weighted by atomic mass is 10.0. The van der Waals surface area contributed by atoms with Crippen molar-refractivity contribution in [1.29, 1.82) is 0 Å². The molecular weight excluding hydrogens is 383 g/mol. The number of nitrogens with zero attached hydrogens (tertiary/aromatic N) is 2. The van der Waals surface area contributed by atoms with Crippen molar-refractivity contribution in [3.8, 4) is 5.75 Å². The van der Waals surface area contributed by atoms with Crippen molar-refractivity contribution in [1.82, 2.24) is 10.2 Å². The number of carbonyl (C=O) groups is 1. The summed E-state index contributed by atoms with van der Waals surface area (Å²) in [6.07, 6.45) is 0. The second-order valence-electron chi connectivity index (χ2n) is 7.40. The molecule has 30 heavy (non-hydrogen) atoms. The van der Waals surface area contributed by atoms with E-state index < -0.39 is 0 Å². The number of amides is 2. The smallest absolute Gasteiger partial charge is 0.319 e. The minimum absolute atomic E-state index is 0.304. The minimum atomic E-state index is -0.345. The molecule has 2 aromatic carbocycles. The van der Waals surface area contributed by atoms with Crippen LogP contribution in [0.4, 0.5) is 20.6 Å². The number of hydrogen-bond acceptors (Lipinski definition) is 4. The summed E-state index contributed by atoms with van der Waals surface area (Å²) in [7, 11) is 0. The van der Waals surface area contributed by atoms with Gasteiger partial charge in [0.1, 0.15) is 11.6 Å². The molecule has 1 unspecified atom stereocenters. The largest absolute Gasteiger partial charge is 0.494 e. The summed E-state index contributed by atoms with van der Waals surface area (Å²) in [5.74, 6) is 0.450. The number of carbonyl (C=O) groups excluding carboxylic acids is 1. The molecule has 0 aliphatic carbocycles. The van der Waals surface area contributed by atoms with E-state index >= 15 is 0 Å². The molecule has 7 heteroatoms. The first kappa shape index (κ1) is 21.9. The molecule has 1 aliphatic heterocycles. The molecule has 0 bridgehead atoms. The quantitative estimate of drug-likeness (QED) is 0.711. The highest BCUT2D eigenvalue weighted by atomic mass is 19.1. The van der Waals surface area contributed by atoms with Crippen LogP contribution in [-0.2, 0) is 0 Å². The summed E-state index contributed by atoms with van der Waals surface area (Å²) in [5.41, 5.74) is 2.42. The summed E-state index contributed by atoms with van der Waals surface area (Å²) in [6.45, 7) is 11.3. The topological polar surface area (TPSA) is 56.8 Å². The van der Waals surface area contributed by atoms with E-state index in [4.69, 9.17) is 4.74 Å². The van der Waals surface area contributed by atoms with Crippen LogP contribution in [0.25, 0.3) is 0 Å². The lowest BCUT2D eigenvalue weighted by molar-refractivity contribution is 0.249. The van der Waals surface area contributed by atoms with E-state index in [1.54, 1.807) is 12.1 Å². The third kappa shape index (κ3) is 5.63. The second kappa shape index (κ2) is 10.3. The molecule has 2 amide bonds. The van der Waals surface area contributed by atoms with Gasteiger partial charge in [0.25, 0.3) is 0 Å². The lowest BCUT2D eigenvalue weighted by Crippen LogP contribution is -2.46. The van der Waals surface area contributed by atoms with E-state index in [2.05, 4.69) is 27.4 Å². The fraction of sp³-hybridized carbons (Fsp3) is 0.435. The molecule has 0 radical (unpaired) electrons. The van der Waals surface area contributed by atoms with Gasteiger partial charge in [0, 0.05) is 43.1 Å². The van der Waals surface area contributed by atoms with E-state index in [9.17, 15) is 9.18 Å². The monoisotopic (exact) mass is 414 g/mol. The van der Waals surface area contributed by atoms with Crippen molar-refractivity contribution < 1.29 is 13.9 Å². The van der Waals surface area contributed by atoms with Gasteiger partial charge in [-0.25, -0.2) is 9.18 Å². The van der Waals surface area contributed by atoms with Crippen LogP contribution in [0.2, 0.25) is 0 Å². The highest BCUT2D eigenvalue weighted by molar-refractivity contribution is 5.89. The molecule has 1 saturated heterocycles. The maximum absolute atomic E-state index is 14.0. The maximum Gasteiger partial charge on any atom is 0.319 e. The molecule has 1 atom stereocenters. The van der Waals surface area contributed by atoms with Gasteiger partial charge in [0.05, 0.1) is 12.6 Å². The van der Waals surface area contributed by atoms with Crippen LogP contribution in [0.15, 0.2) is 42.5 Å². The lowest BCUT2D eigenvalue weighted by Gasteiger charge is -2.37. The van der Waals surface area contributed by atoms with E-state index in [-0.39, 0.29) is 17.9 Å². The number of likely N-dealkylation sites (N-methyl/N-ethyl adjacent to an activating group) is 1. The first-order chi connectivity index (χ1) is 14.5. The Morgan fingerprint density at radius 1 is 1.10 bits per heavy atom. The number of rotatable bonds is 7. The molecule has 162 valence electrons. The van der Waals surface area contributed by atoms with Crippen molar-refractivity contribution in [3.05, 3.63) is 53.8 Å². The Balaban J connectivity index is 1.66. The Morgan fingerprint density at radius 3 is 2.43 bits per heavy atom. The van der Waals surface area contributed by atoms with Crippen molar-refractivity contribution in [2.24, 2.45) is 0 Å². The molecule has 0 aromatic heterocycles. The molecule has 2 N–H and O–H groups in total. The number of hydrogen-bond donors (Lipinski definition) is 2. The van der Waals surface area contributed by atoms with Crippen LogP contribution in [-0.4, -0.2) is 50.3 Å². The first-order valence-electron chi connectivity index (χ1n) is 10.6. The number of benzene rings is 2. The Morgan fingerprint density at radius 2 is 1.80 bits per heavy atom. The number of halogens is 1. The van der Waals surface area contributed by atoms with Crippen LogP contribution in [0.1, 0.15) is 32.4 Å². The SMILES string of the molecule is CCOc1ccc(NC(=O)NC(C)c2cc(F)ccc2N2CCN(CC)CC2)cc1. The van der Waals surface area contributed by atoms with Crippen LogP contribution < -0.4 is 20.3 Å². The van der Waals surface area contributed by atoms with Crippen LogP contribution >= 0.6 is 0 Å². The van der Waals surface area contributed by atoms with Gasteiger partial charge in [-0.15, -0.1) is 0 Å². The normalized spacial score (nSPS) is 15.5. The van der Waals surface area contributed by atoms with E-state index in [0.717, 1.165) is 49.7 Å². The molecule has 2 aromatic rings. The van der Waals surface area contributed by atoms with Crippen molar-refractivity contribution >= 4 is 17.4 Å². The zero-order valence-electron chi connectivity index (χ0n) is 18.0. The standard InChI is InChI=1S/C23H31FN4O2/c1-4-27-12-14-28(15-13-27)22-11-6-18(24)16-21(22)17(3)25-23(29)26-19-7-9-20(10-8-19)30-5-2/h6-11,16-17H,4-5,12-15H2,1-3H3,(H2,25,26,29). The van der Waals surface area contributed by atoms with Crippen molar-refractivity contribution in [3.63, 3.8) is 0 Å². The Labute approximate surface area is 178 Å². The molecule has 3 rings (SSSR count). The molecular formula is C23H31FN4O2. The maximum atomic E-state index is 14.0. The highest BCUT2D eigenvalue weighted by Gasteiger charge is 2.21. The van der Waals surface area contributed by atoms with Gasteiger partial charge in [0.15, 0.2) is 0 Å². The van der Waals surface area contributed by atoms with Gasteiger partial charge in [-0.05, 0) is 62.9 Å². The summed E-state index contributed by atoms with van der Waals surface area (Å²) in [4.78, 5) is 17.2. The average molecular weight is 415 g/mol. The summed E-state index contributed by atoms with van der Waals surface area (Å²) < 4.78 is 19.4. The van der Waals surface area contributed by atoms with Gasteiger partial charge in [-0.1, -0.05) is 6.92 Å². The summed E-state index contributed by atoms with van der Waals surface area (Å²) in [6, 6.07) is 11.3. The molecule has 1 heterocycles. The average Bonchev–Trinajstić information content (AvgIpc) is 2.75. The van der Waals surface area contributed by atoms with Crippen LogP contribution in [0.5, 0.6) is 5.75 Å². The van der Waals surface area contributed by atoms with Gasteiger partial charge in [-0.2, -0.15) is 0 Å². The highest BCUT2D eigenvalue weighted by Crippen LogP contribution is 2.28. The predicted molar refractivity (Wildman–Crippen MR) is 119 cm³/mol. The van der Waals surface area contributed by atoms with Gasteiger partial charge < -0.3 is 25.2 Å². The molecule has 1 aliphatic rings. The number of urea groups is 1. The number of ether oxygens (including phenoxy) is 1. The fourth-order valence-corrected chi connectivity index (χ4v) is 3.71. The molecule has 0 spiro atoms. The summed E-state index contributed by atoms with van der Waals surface area (Å²) in [5, 5.41) is 5.75. The number of piperazine rings is 1. The second-order valence-corrected chi connectivity index (χ2v) is 7.40. The molecule has 1 fully saturated rings. The van der Waals surface area contributed by atoms with E-state index in [1.807, 2.05) is 32.0 Å². The molecule has 0 saturated carbocycles. The fourth-order valence-electron chi connectivity index (χ4n) is 3.71. The Kier molecular flexibility index (Phi) is 7.52. The predicted octanol–water partition coefficient (Wildman–Crippen LogP) is 4.25. The van der Waals surface area contributed by atoms with Gasteiger partial charge in [-0.3, -0.25) is 0 Å². The summed E-state index contributed by atoms with van der Waals surface area (Å²) >= 11 is 0. The van der Waals surface area contributed by atoms with Crippen molar-refractivity contribution in [2.75, 3.05) is 49.5 Å². The number of anilines is 2.